The summed E-state index contributed by atoms with van der Waals surface area (Å²) >= 11 is 0. The van der Waals surface area contributed by atoms with Crippen molar-refractivity contribution in [3.8, 4) is 5.75 Å². The number of furan rings is 1. The van der Waals surface area contributed by atoms with E-state index in [-0.39, 0.29) is 29.9 Å². The number of hydrogen-bond donors (Lipinski definition) is 1. The quantitative estimate of drug-likeness (QED) is 0.920. The maximum Gasteiger partial charge on any atom is 0.397 e. The van der Waals surface area contributed by atoms with Gasteiger partial charge in [0.15, 0.2) is 0 Å². The van der Waals surface area contributed by atoms with Crippen LogP contribution in [-0.2, 0) is 0 Å². The Kier molecular flexibility index (Phi) is 3.12. The fourth-order valence-electron chi connectivity index (χ4n) is 2.44. The molecule has 0 spiro atoms. The molecular weight excluding hydrogens is 301 g/mol. The summed E-state index contributed by atoms with van der Waals surface area (Å²) in [5.74, 6) is -0.706. The molecule has 0 atom stereocenters. The van der Waals surface area contributed by atoms with Crippen LogP contribution >= 0.6 is 0 Å². The Balaban J connectivity index is 1.87. The number of carboxylic acid groups (broad SMARTS) is 1. The van der Waals surface area contributed by atoms with Crippen molar-refractivity contribution in [1.82, 2.24) is 0 Å². The van der Waals surface area contributed by atoms with Gasteiger partial charge in [-0.2, -0.15) is 13.2 Å². The molecule has 1 aromatic heterocycles. The average molecular weight is 314 g/mol. The van der Waals surface area contributed by atoms with Crippen LogP contribution in [0.1, 0.15) is 29.0 Å². The molecule has 1 heterocycles. The van der Waals surface area contributed by atoms with Crippen LogP contribution < -0.4 is 4.74 Å². The van der Waals surface area contributed by atoms with Gasteiger partial charge in [0.2, 0.25) is 0 Å². The Bertz CT molecular complexity index is 741. The third kappa shape index (κ3) is 2.30. The number of hydrogen-bond acceptors (Lipinski definition) is 3. The first-order valence-corrected chi connectivity index (χ1v) is 6.69. The van der Waals surface area contributed by atoms with E-state index < -0.39 is 24.2 Å². The number of aryl methyl sites for hydroxylation is 1. The van der Waals surface area contributed by atoms with Crippen molar-refractivity contribution in [2.24, 2.45) is 5.41 Å². The first kappa shape index (κ1) is 14.7. The minimum Gasteiger partial charge on any atom is -0.493 e. The minimum absolute atomic E-state index is 0.00240. The van der Waals surface area contributed by atoms with Gasteiger partial charge in [0.1, 0.15) is 34.7 Å². The highest BCUT2D eigenvalue weighted by molar-refractivity contribution is 6.03. The number of ether oxygens (including phenoxy) is 1. The van der Waals surface area contributed by atoms with Crippen molar-refractivity contribution >= 4 is 16.9 Å². The Morgan fingerprint density at radius 1 is 1.41 bits per heavy atom. The van der Waals surface area contributed by atoms with Gasteiger partial charge in [-0.3, -0.25) is 0 Å². The highest BCUT2D eigenvalue weighted by Gasteiger charge is 2.63. The third-order valence-corrected chi connectivity index (χ3v) is 4.02. The number of halogens is 3. The Labute approximate surface area is 123 Å². The molecule has 3 rings (SSSR count). The van der Waals surface area contributed by atoms with Crippen molar-refractivity contribution in [3.05, 3.63) is 29.5 Å². The summed E-state index contributed by atoms with van der Waals surface area (Å²) in [7, 11) is 0. The molecule has 2 aromatic rings. The maximum atomic E-state index is 12.9. The Hall–Kier alpha value is -2.18. The van der Waals surface area contributed by atoms with Gasteiger partial charge < -0.3 is 14.3 Å². The molecule has 4 nitrogen and oxygen atoms in total. The fourth-order valence-corrected chi connectivity index (χ4v) is 2.44. The molecule has 1 aliphatic carbocycles. The van der Waals surface area contributed by atoms with Crippen LogP contribution in [0.2, 0.25) is 0 Å². The number of fused-ring (bicyclic) bond motifs is 1. The van der Waals surface area contributed by atoms with Gasteiger partial charge in [0.25, 0.3) is 0 Å². The van der Waals surface area contributed by atoms with Gasteiger partial charge in [0, 0.05) is 5.39 Å². The van der Waals surface area contributed by atoms with Crippen LogP contribution in [0.15, 0.2) is 22.6 Å². The zero-order chi connectivity index (χ0) is 16.1. The number of carbonyl (C=O) groups is 1. The molecule has 7 heteroatoms. The molecule has 0 bridgehead atoms. The van der Waals surface area contributed by atoms with Gasteiger partial charge in [0.05, 0.1) is 0 Å². The molecule has 0 amide bonds. The van der Waals surface area contributed by atoms with E-state index in [1.165, 1.54) is 25.1 Å². The Morgan fingerprint density at radius 3 is 2.64 bits per heavy atom. The van der Waals surface area contributed by atoms with Crippen LogP contribution in [-0.4, -0.2) is 23.9 Å². The summed E-state index contributed by atoms with van der Waals surface area (Å²) in [5.41, 5.74) is -1.40. The lowest BCUT2D eigenvalue weighted by atomic mass is 10.1. The van der Waals surface area contributed by atoms with Crippen LogP contribution in [0.5, 0.6) is 5.75 Å². The summed E-state index contributed by atoms with van der Waals surface area (Å²) in [5, 5.41) is 9.49. The maximum absolute atomic E-state index is 12.9. The molecule has 22 heavy (non-hydrogen) atoms. The van der Waals surface area contributed by atoms with E-state index in [4.69, 9.17) is 14.3 Å². The van der Waals surface area contributed by atoms with Crippen LogP contribution in [0, 0.1) is 12.3 Å². The molecular formula is C15H13F3O4. The van der Waals surface area contributed by atoms with Gasteiger partial charge in [-0.15, -0.1) is 0 Å². The summed E-state index contributed by atoms with van der Waals surface area (Å²) < 4.78 is 49.1. The van der Waals surface area contributed by atoms with Gasteiger partial charge in [-0.1, -0.05) is 0 Å². The van der Waals surface area contributed by atoms with Crippen molar-refractivity contribution in [2.45, 2.75) is 25.9 Å². The standard InChI is InChI=1S/C15H13F3O4/c1-8-12(13(19)20)10-6-9(2-3-11(10)22-8)21-7-14(4-5-14)15(16,17)18/h2-3,6H,4-5,7H2,1H3,(H,19,20). The molecule has 0 aliphatic heterocycles. The first-order valence-electron chi connectivity index (χ1n) is 6.69. The topological polar surface area (TPSA) is 59.7 Å². The molecule has 1 fully saturated rings. The fraction of sp³-hybridized carbons (Fsp3) is 0.400. The zero-order valence-corrected chi connectivity index (χ0v) is 11.7. The van der Waals surface area contributed by atoms with E-state index in [9.17, 15) is 18.0 Å². The Morgan fingerprint density at radius 2 is 2.09 bits per heavy atom. The summed E-state index contributed by atoms with van der Waals surface area (Å²) in [6.45, 7) is 1.06. The normalized spacial score (nSPS) is 16.7. The second kappa shape index (κ2) is 4.66. The molecule has 1 aromatic carbocycles. The van der Waals surface area contributed by atoms with E-state index in [1.54, 1.807) is 0 Å². The lowest BCUT2D eigenvalue weighted by Crippen LogP contribution is -2.30. The predicted molar refractivity (Wildman–Crippen MR) is 71.1 cm³/mol. The SMILES string of the molecule is Cc1oc2ccc(OCC3(C(F)(F)F)CC3)cc2c1C(=O)O. The van der Waals surface area contributed by atoms with E-state index in [0.717, 1.165) is 0 Å². The van der Waals surface area contributed by atoms with E-state index in [1.807, 2.05) is 0 Å². The summed E-state index contributed by atoms with van der Waals surface area (Å²) in [6, 6.07) is 4.38. The molecule has 0 unspecified atom stereocenters. The number of aromatic carboxylic acids is 1. The van der Waals surface area contributed by atoms with Crippen molar-refractivity contribution in [1.29, 1.82) is 0 Å². The highest BCUT2D eigenvalue weighted by atomic mass is 19.4. The number of benzene rings is 1. The van der Waals surface area contributed by atoms with Gasteiger partial charge in [-0.05, 0) is 38.0 Å². The zero-order valence-electron chi connectivity index (χ0n) is 11.7. The van der Waals surface area contributed by atoms with Gasteiger partial charge in [-0.25, -0.2) is 4.79 Å². The first-order chi connectivity index (χ1) is 10.2. The van der Waals surface area contributed by atoms with Crippen molar-refractivity contribution in [3.63, 3.8) is 0 Å². The third-order valence-electron chi connectivity index (χ3n) is 4.02. The predicted octanol–water partition coefficient (Wildman–Crippen LogP) is 4.16. The minimum atomic E-state index is -4.28. The smallest absolute Gasteiger partial charge is 0.397 e. The summed E-state index contributed by atoms with van der Waals surface area (Å²) in [4.78, 5) is 11.2. The molecule has 1 saturated carbocycles. The number of alkyl halides is 3. The largest absolute Gasteiger partial charge is 0.493 e. The van der Waals surface area contributed by atoms with Crippen molar-refractivity contribution in [2.75, 3.05) is 6.61 Å². The number of rotatable bonds is 4. The van der Waals surface area contributed by atoms with Crippen LogP contribution in [0.25, 0.3) is 11.0 Å². The van der Waals surface area contributed by atoms with Gasteiger partial charge >= 0.3 is 12.1 Å². The van der Waals surface area contributed by atoms with E-state index in [2.05, 4.69) is 0 Å². The molecule has 118 valence electrons. The number of carboxylic acids is 1. The van der Waals surface area contributed by atoms with Crippen LogP contribution in [0.3, 0.4) is 0 Å². The second-order valence-electron chi connectivity index (χ2n) is 5.56. The average Bonchev–Trinajstić information content (AvgIpc) is 3.13. The van der Waals surface area contributed by atoms with Crippen molar-refractivity contribution < 1.29 is 32.2 Å². The lowest BCUT2D eigenvalue weighted by Gasteiger charge is -2.19. The lowest BCUT2D eigenvalue weighted by molar-refractivity contribution is -0.194. The summed E-state index contributed by atoms with van der Waals surface area (Å²) in [6.07, 6.45) is -4.16. The van der Waals surface area contributed by atoms with Crippen LogP contribution in [0.4, 0.5) is 13.2 Å². The molecule has 1 N–H and O–H groups in total. The van der Waals surface area contributed by atoms with E-state index in [0.29, 0.717) is 11.0 Å². The molecule has 1 aliphatic rings. The molecule has 0 saturated heterocycles. The molecule has 0 radical (unpaired) electrons. The van der Waals surface area contributed by atoms with E-state index >= 15 is 0 Å². The monoisotopic (exact) mass is 314 g/mol. The highest BCUT2D eigenvalue weighted by Crippen LogP contribution is 2.57. The second-order valence-corrected chi connectivity index (χ2v) is 5.56.